The zero-order valence-corrected chi connectivity index (χ0v) is 9.97. The molecule has 0 saturated carbocycles. The molecule has 4 nitrogen and oxygen atoms in total. The summed E-state index contributed by atoms with van der Waals surface area (Å²) in [7, 11) is 0. The van der Waals surface area contributed by atoms with Crippen LogP contribution in [0.15, 0.2) is 30.3 Å². The van der Waals surface area contributed by atoms with Gasteiger partial charge in [-0.15, -0.1) is 0 Å². The van der Waals surface area contributed by atoms with Gasteiger partial charge < -0.3 is 10.4 Å². The molecule has 2 rings (SSSR count). The lowest BCUT2D eigenvalue weighted by molar-refractivity contribution is -0.120. The van der Waals surface area contributed by atoms with Gasteiger partial charge >= 0.3 is 0 Å². The zero-order chi connectivity index (χ0) is 12.3. The summed E-state index contributed by atoms with van der Waals surface area (Å²) in [6.45, 7) is 3.61. The minimum Gasteiger partial charge on any atom is -0.390 e. The number of aliphatic hydroxyl groups is 1. The highest BCUT2D eigenvalue weighted by atomic mass is 16.3. The molecule has 1 fully saturated rings. The number of likely N-dealkylation sites (tertiary alicyclic amines) is 1. The molecule has 1 aromatic carbocycles. The molecular formula is C13H18N2O2. The van der Waals surface area contributed by atoms with Gasteiger partial charge in [0.2, 0.25) is 5.91 Å². The van der Waals surface area contributed by atoms with Crippen molar-refractivity contribution in [3.05, 3.63) is 35.9 Å². The van der Waals surface area contributed by atoms with E-state index < -0.39 is 6.10 Å². The molecule has 0 unspecified atom stereocenters. The monoisotopic (exact) mass is 234 g/mol. The molecule has 1 aliphatic rings. The standard InChI is InChI=1S/C13H18N2O2/c1-10(16)14-12-8-15(9-13(12)17)7-11-5-3-2-4-6-11/h2-6,12-13,17H,7-9H2,1H3,(H,14,16)/t12-,13-/m0/s1. The number of carbonyl (C=O) groups excluding carboxylic acids is 1. The number of amides is 1. The van der Waals surface area contributed by atoms with Crippen molar-refractivity contribution in [3.8, 4) is 0 Å². The van der Waals surface area contributed by atoms with Gasteiger partial charge in [-0.3, -0.25) is 9.69 Å². The minimum absolute atomic E-state index is 0.0874. The predicted octanol–water partition coefficient (Wildman–Crippen LogP) is 0.368. The Balaban J connectivity index is 1.91. The van der Waals surface area contributed by atoms with E-state index in [0.29, 0.717) is 13.1 Å². The number of benzene rings is 1. The quantitative estimate of drug-likeness (QED) is 0.794. The third kappa shape index (κ3) is 3.28. The summed E-state index contributed by atoms with van der Waals surface area (Å²) in [6, 6.07) is 10.00. The second-order valence-electron chi connectivity index (χ2n) is 4.55. The van der Waals surface area contributed by atoms with Gasteiger partial charge in [0.05, 0.1) is 12.1 Å². The van der Waals surface area contributed by atoms with Crippen LogP contribution in [-0.2, 0) is 11.3 Å². The SMILES string of the molecule is CC(=O)N[C@H]1CN(Cc2ccccc2)C[C@@H]1O. The summed E-state index contributed by atoms with van der Waals surface area (Å²) in [6.07, 6.45) is -0.470. The van der Waals surface area contributed by atoms with E-state index in [4.69, 9.17) is 0 Å². The van der Waals surface area contributed by atoms with E-state index in [1.807, 2.05) is 18.2 Å². The summed E-state index contributed by atoms with van der Waals surface area (Å²) in [5.74, 6) is -0.0874. The molecule has 0 aromatic heterocycles. The van der Waals surface area contributed by atoms with Gasteiger partial charge in [0, 0.05) is 26.6 Å². The van der Waals surface area contributed by atoms with E-state index in [2.05, 4.69) is 22.3 Å². The van der Waals surface area contributed by atoms with Crippen LogP contribution in [0.4, 0.5) is 0 Å². The van der Waals surface area contributed by atoms with Crippen molar-refractivity contribution >= 4 is 5.91 Å². The van der Waals surface area contributed by atoms with Crippen molar-refractivity contribution < 1.29 is 9.90 Å². The first-order valence-corrected chi connectivity index (χ1v) is 5.86. The first kappa shape index (κ1) is 12.1. The largest absolute Gasteiger partial charge is 0.390 e. The molecule has 17 heavy (non-hydrogen) atoms. The Morgan fingerprint density at radius 1 is 1.41 bits per heavy atom. The molecule has 0 bridgehead atoms. The Morgan fingerprint density at radius 3 is 2.76 bits per heavy atom. The average Bonchev–Trinajstić information content (AvgIpc) is 2.59. The highest BCUT2D eigenvalue weighted by Crippen LogP contribution is 2.14. The van der Waals surface area contributed by atoms with Crippen LogP contribution < -0.4 is 5.32 Å². The molecule has 2 atom stereocenters. The maximum Gasteiger partial charge on any atom is 0.217 e. The lowest BCUT2D eigenvalue weighted by Crippen LogP contribution is -2.41. The van der Waals surface area contributed by atoms with Crippen LogP contribution in [0, 0.1) is 0 Å². The molecule has 1 amide bonds. The van der Waals surface area contributed by atoms with Gasteiger partial charge in [0.15, 0.2) is 0 Å². The van der Waals surface area contributed by atoms with Gasteiger partial charge in [-0.25, -0.2) is 0 Å². The molecule has 4 heteroatoms. The molecule has 92 valence electrons. The minimum atomic E-state index is -0.470. The number of hydrogen-bond donors (Lipinski definition) is 2. The van der Waals surface area contributed by atoms with E-state index in [1.165, 1.54) is 12.5 Å². The third-order valence-electron chi connectivity index (χ3n) is 3.00. The fraction of sp³-hybridized carbons (Fsp3) is 0.462. The molecule has 0 aliphatic carbocycles. The Morgan fingerprint density at radius 2 is 2.12 bits per heavy atom. The first-order chi connectivity index (χ1) is 8.15. The first-order valence-electron chi connectivity index (χ1n) is 5.86. The Hall–Kier alpha value is -1.39. The van der Waals surface area contributed by atoms with E-state index in [9.17, 15) is 9.90 Å². The van der Waals surface area contributed by atoms with Crippen molar-refractivity contribution in [1.29, 1.82) is 0 Å². The number of aliphatic hydroxyl groups excluding tert-OH is 1. The van der Waals surface area contributed by atoms with E-state index >= 15 is 0 Å². The summed E-state index contributed by atoms with van der Waals surface area (Å²) in [5, 5.41) is 12.6. The smallest absolute Gasteiger partial charge is 0.217 e. The van der Waals surface area contributed by atoms with Crippen LogP contribution in [0.2, 0.25) is 0 Å². The van der Waals surface area contributed by atoms with Crippen molar-refractivity contribution in [3.63, 3.8) is 0 Å². The fourth-order valence-electron chi connectivity index (χ4n) is 2.24. The summed E-state index contributed by atoms with van der Waals surface area (Å²) in [4.78, 5) is 13.1. The summed E-state index contributed by atoms with van der Waals surface area (Å²) in [5.41, 5.74) is 1.23. The Labute approximate surface area is 101 Å². The predicted molar refractivity (Wildman–Crippen MR) is 65.3 cm³/mol. The molecule has 0 radical (unpaired) electrons. The average molecular weight is 234 g/mol. The van der Waals surface area contributed by atoms with Crippen LogP contribution >= 0.6 is 0 Å². The zero-order valence-electron chi connectivity index (χ0n) is 9.97. The van der Waals surface area contributed by atoms with Gasteiger partial charge in [0.25, 0.3) is 0 Å². The van der Waals surface area contributed by atoms with Crippen molar-refractivity contribution in [2.24, 2.45) is 0 Å². The second kappa shape index (κ2) is 5.29. The van der Waals surface area contributed by atoms with Crippen molar-refractivity contribution in [1.82, 2.24) is 10.2 Å². The molecule has 0 spiro atoms. The molecule has 2 N–H and O–H groups in total. The number of nitrogens with zero attached hydrogens (tertiary/aromatic N) is 1. The second-order valence-corrected chi connectivity index (χ2v) is 4.55. The molecule has 1 heterocycles. The molecular weight excluding hydrogens is 216 g/mol. The molecule has 1 aliphatic heterocycles. The van der Waals surface area contributed by atoms with Crippen LogP contribution in [0.5, 0.6) is 0 Å². The van der Waals surface area contributed by atoms with Gasteiger partial charge in [-0.2, -0.15) is 0 Å². The van der Waals surface area contributed by atoms with Crippen molar-refractivity contribution in [2.75, 3.05) is 13.1 Å². The topological polar surface area (TPSA) is 52.6 Å². The summed E-state index contributed by atoms with van der Waals surface area (Å²) < 4.78 is 0. The number of rotatable bonds is 3. The molecule has 1 aromatic rings. The van der Waals surface area contributed by atoms with Gasteiger partial charge in [-0.05, 0) is 5.56 Å². The van der Waals surface area contributed by atoms with Crippen LogP contribution in [0.25, 0.3) is 0 Å². The van der Waals surface area contributed by atoms with Crippen LogP contribution in [-0.4, -0.2) is 41.1 Å². The van der Waals surface area contributed by atoms with E-state index in [0.717, 1.165) is 6.54 Å². The van der Waals surface area contributed by atoms with E-state index in [1.54, 1.807) is 0 Å². The lowest BCUT2D eigenvalue weighted by Gasteiger charge is -2.15. The van der Waals surface area contributed by atoms with Crippen molar-refractivity contribution in [2.45, 2.75) is 25.6 Å². The fourth-order valence-corrected chi connectivity index (χ4v) is 2.24. The van der Waals surface area contributed by atoms with Gasteiger partial charge in [0.1, 0.15) is 0 Å². The van der Waals surface area contributed by atoms with Gasteiger partial charge in [-0.1, -0.05) is 30.3 Å². The van der Waals surface area contributed by atoms with Crippen LogP contribution in [0.3, 0.4) is 0 Å². The number of nitrogens with one attached hydrogen (secondary N) is 1. The Bertz CT molecular complexity index is 380. The van der Waals surface area contributed by atoms with E-state index in [-0.39, 0.29) is 11.9 Å². The van der Waals surface area contributed by atoms with Crippen LogP contribution in [0.1, 0.15) is 12.5 Å². The third-order valence-corrected chi connectivity index (χ3v) is 3.00. The highest BCUT2D eigenvalue weighted by Gasteiger charge is 2.31. The highest BCUT2D eigenvalue weighted by molar-refractivity contribution is 5.73. The number of carbonyl (C=O) groups is 1. The summed E-state index contributed by atoms with van der Waals surface area (Å²) >= 11 is 0. The molecule has 1 saturated heterocycles. The maximum atomic E-state index is 11.0. The lowest BCUT2D eigenvalue weighted by atomic mass is 10.2. The number of hydrogen-bond acceptors (Lipinski definition) is 3. The Kier molecular flexibility index (Phi) is 3.76. The normalized spacial score (nSPS) is 24.8. The maximum absolute atomic E-state index is 11.0. The number of β-amino-alcohol motifs (C(OH)–C–C–N with tert-alkyl or cyclic N) is 1.